The molecule has 1 aromatic rings. The van der Waals surface area contributed by atoms with Crippen molar-refractivity contribution in [2.45, 2.75) is 6.92 Å². The third-order valence-corrected chi connectivity index (χ3v) is 3.99. The summed E-state index contributed by atoms with van der Waals surface area (Å²) in [4.78, 5) is 22.0. The lowest BCUT2D eigenvalue weighted by molar-refractivity contribution is -0.133. The summed E-state index contributed by atoms with van der Waals surface area (Å²) in [5.41, 5.74) is 1.67. The van der Waals surface area contributed by atoms with Crippen LogP contribution in [0.4, 0.5) is 0 Å². The maximum Gasteiger partial charge on any atom is 0.313 e. The van der Waals surface area contributed by atoms with Crippen LogP contribution in [0.5, 0.6) is 0 Å². The van der Waals surface area contributed by atoms with Crippen molar-refractivity contribution in [3.63, 3.8) is 0 Å². The Morgan fingerprint density at radius 2 is 2.17 bits per heavy atom. The van der Waals surface area contributed by atoms with Crippen molar-refractivity contribution in [1.29, 1.82) is 0 Å². The maximum atomic E-state index is 11.7. The Bertz CT molecular complexity index is 451. The number of rotatable bonds is 6. The van der Waals surface area contributed by atoms with Gasteiger partial charge in [-0.1, -0.05) is 22.0 Å². The average molecular weight is 332 g/mol. The van der Waals surface area contributed by atoms with Gasteiger partial charge in [-0.05, 0) is 24.6 Å². The average Bonchev–Trinajstić information content (AvgIpc) is 2.31. The molecule has 1 aromatic carbocycles. The molecule has 0 aliphatic carbocycles. The first-order valence-electron chi connectivity index (χ1n) is 5.34. The highest BCUT2D eigenvalue weighted by Crippen LogP contribution is 2.17. The van der Waals surface area contributed by atoms with Gasteiger partial charge in [-0.15, -0.1) is 11.8 Å². The van der Waals surface area contributed by atoms with Crippen LogP contribution < -0.4 is 5.32 Å². The summed E-state index contributed by atoms with van der Waals surface area (Å²) in [6, 6.07) is 5.41. The second-order valence-corrected chi connectivity index (χ2v) is 5.63. The van der Waals surface area contributed by atoms with E-state index >= 15 is 0 Å². The number of carboxylic acids is 1. The van der Waals surface area contributed by atoms with Crippen molar-refractivity contribution in [1.82, 2.24) is 5.32 Å². The Morgan fingerprint density at radius 3 is 2.78 bits per heavy atom. The molecule has 0 radical (unpaired) electrons. The van der Waals surface area contributed by atoms with Gasteiger partial charge < -0.3 is 10.4 Å². The molecule has 0 aliphatic rings. The standard InChI is InChI=1S/C12H14BrNO3S/c1-8-2-3-9(6-10(8)13)12(17)14-4-5-18-7-11(15)16/h2-3,6H,4-5,7H2,1H3,(H,14,17)(H,15,16). The summed E-state index contributed by atoms with van der Waals surface area (Å²) in [7, 11) is 0. The topological polar surface area (TPSA) is 66.4 Å². The van der Waals surface area contributed by atoms with Gasteiger partial charge in [-0.25, -0.2) is 0 Å². The summed E-state index contributed by atoms with van der Waals surface area (Å²) in [6.07, 6.45) is 0. The normalized spacial score (nSPS) is 10.1. The quantitative estimate of drug-likeness (QED) is 0.785. The van der Waals surface area contributed by atoms with Crippen molar-refractivity contribution in [3.8, 4) is 0 Å². The Morgan fingerprint density at radius 1 is 1.44 bits per heavy atom. The highest BCUT2D eigenvalue weighted by atomic mass is 79.9. The summed E-state index contributed by atoms with van der Waals surface area (Å²) in [5.74, 6) is -0.336. The number of halogens is 1. The minimum absolute atomic E-state index is 0.0615. The molecule has 0 saturated carbocycles. The largest absolute Gasteiger partial charge is 0.481 e. The lowest BCUT2D eigenvalue weighted by atomic mass is 10.1. The molecule has 0 aromatic heterocycles. The monoisotopic (exact) mass is 331 g/mol. The van der Waals surface area contributed by atoms with E-state index in [2.05, 4.69) is 21.2 Å². The second-order valence-electron chi connectivity index (χ2n) is 3.67. The first kappa shape index (κ1) is 15.0. The van der Waals surface area contributed by atoms with Gasteiger partial charge in [0.2, 0.25) is 0 Å². The first-order valence-corrected chi connectivity index (χ1v) is 7.29. The molecule has 0 fully saturated rings. The smallest absolute Gasteiger partial charge is 0.313 e. The highest BCUT2D eigenvalue weighted by molar-refractivity contribution is 9.10. The van der Waals surface area contributed by atoms with Gasteiger partial charge in [0.25, 0.3) is 5.91 Å². The van der Waals surface area contributed by atoms with E-state index in [1.165, 1.54) is 11.8 Å². The van der Waals surface area contributed by atoms with Crippen LogP contribution in [0.25, 0.3) is 0 Å². The van der Waals surface area contributed by atoms with Gasteiger partial charge in [-0.2, -0.15) is 0 Å². The first-order chi connectivity index (χ1) is 8.50. The van der Waals surface area contributed by atoms with Gasteiger partial charge in [0, 0.05) is 22.3 Å². The molecule has 1 amide bonds. The lowest BCUT2D eigenvalue weighted by Crippen LogP contribution is -2.26. The van der Waals surface area contributed by atoms with Crippen molar-refractivity contribution in [3.05, 3.63) is 33.8 Å². The third-order valence-electron chi connectivity index (χ3n) is 2.19. The van der Waals surface area contributed by atoms with E-state index in [0.29, 0.717) is 17.9 Å². The molecule has 98 valence electrons. The van der Waals surface area contributed by atoms with Crippen molar-refractivity contribution in [2.75, 3.05) is 18.1 Å². The van der Waals surface area contributed by atoms with Crippen molar-refractivity contribution < 1.29 is 14.7 Å². The number of thioether (sulfide) groups is 1. The molecule has 4 nitrogen and oxygen atoms in total. The molecule has 6 heteroatoms. The van der Waals surface area contributed by atoms with Gasteiger partial charge in [0.1, 0.15) is 0 Å². The summed E-state index contributed by atoms with van der Waals surface area (Å²) < 4.78 is 0.899. The van der Waals surface area contributed by atoms with Gasteiger partial charge in [0.05, 0.1) is 5.75 Å². The zero-order chi connectivity index (χ0) is 13.5. The van der Waals surface area contributed by atoms with Crippen LogP contribution in [0.3, 0.4) is 0 Å². The van der Waals surface area contributed by atoms with Crippen LogP contribution in [0, 0.1) is 6.92 Å². The van der Waals surface area contributed by atoms with E-state index < -0.39 is 5.97 Å². The number of carbonyl (C=O) groups excluding carboxylic acids is 1. The van der Waals surface area contributed by atoms with Gasteiger partial charge in [0.15, 0.2) is 0 Å². The molecular weight excluding hydrogens is 318 g/mol. The second kappa shape index (κ2) is 7.43. The zero-order valence-corrected chi connectivity index (χ0v) is 12.3. The Hall–Kier alpha value is -1.01. The fourth-order valence-corrected chi connectivity index (χ4v) is 2.18. The van der Waals surface area contributed by atoms with Gasteiger partial charge >= 0.3 is 5.97 Å². The fraction of sp³-hybridized carbons (Fsp3) is 0.333. The van der Waals surface area contributed by atoms with E-state index in [9.17, 15) is 9.59 Å². The molecule has 0 unspecified atom stereocenters. The summed E-state index contributed by atoms with van der Waals surface area (Å²) in [6.45, 7) is 2.41. The molecule has 0 spiro atoms. The third kappa shape index (κ3) is 5.10. The number of amides is 1. The van der Waals surface area contributed by atoms with Crippen molar-refractivity contribution >= 4 is 39.6 Å². The van der Waals surface area contributed by atoms with Crippen LogP contribution in [0.15, 0.2) is 22.7 Å². The Balaban J connectivity index is 2.36. The SMILES string of the molecule is Cc1ccc(C(=O)NCCSCC(=O)O)cc1Br. The molecule has 0 atom stereocenters. The number of aliphatic carboxylic acids is 1. The molecular formula is C12H14BrNO3S. The number of nitrogens with one attached hydrogen (secondary N) is 1. The summed E-state index contributed by atoms with van der Waals surface area (Å²) >= 11 is 4.65. The minimum Gasteiger partial charge on any atom is -0.481 e. The molecule has 1 rings (SSSR count). The number of hydrogen-bond donors (Lipinski definition) is 2. The molecule has 0 bridgehead atoms. The van der Waals surface area contributed by atoms with Crippen LogP contribution in [-0.4, -0.2) is 35.0 Å². The molecule has 0 saturated heterocycles. The van der Waals surface area contributed by atoms with Crippen LogP contribution in [0.2, 0.25) is 0 Å². The fourth-order valence-electron chi connectivity index (χ4n) is 1.23. The maximum absolute atomic E-state index is 11.7. The highest BCUT2D eigenvalue weighted by Gasteiger charge is 2.06. The van der Waals surface area contributed by atoms with Crippen LogP contribution >= 0.6 is 27.7 Å². The predicted octanol–water partition coefficient (Wildman–Crippen LogP) is 2.31. The number of hydrogen-bond acceptors (Lipinski definition) is 3. The van der Waals surface area contributed by atoms with E-state index in [0.717, 1.165) is 10.0 Å². The Kier molecular flexibility index (Phi) is 6.21. The number of aryl methyl sites for hydroxylation is 1. The van der Waals surface area contributed by atoms with E-state index in [4.69, 9.17) is 5.11 Å². The summed E-state index contributed by atoms with van der Waals surface area (Å²) in [5, 5.41) is 11.2. The van der Waals surface area contributed by atoms with E-state index in [1.54, 1.807) is 12.1 Å². The van der Waals surface area contributed by atoms with E-state index in [-0.39, 0.29) is 11.7 Å². The minimum atomic E-state index is -0.839. The molecule has 0 aliphatic heterocycles. The van der Waals surface area contributed by atoms with Crippen LogP contribution in [0.1, 0.15) is 15.9 Å². The predicted molar refractivity (Wildman–Crippen MR) is 76.2 cm³/mol. The van der Waals surface area contributed by atoms with Gasteiger partial charge in [-0.3, -0.25) is 9.59 Å². The zero-order valence-electron chi connectivity index (χ0n) is 9.90. The van der Waals surface area contributed by atoms with Crippen LogP contribution in [-0.2, 0) is 4.79 Å². The molecule has 2 N–H and O–H groups in total. The lowest BCUT2D eigenvalue weighted by Gasteiger charge is -2.06. The number of carboxylic acid groups (broad SMARTS) is 1. The van der Waals surface area contributed by atoms with Crippen molar-refractivity contribution in [2.24, 2.45) is 0 Å². The Labute approximate surface area is 118 Å². The van der Waals surface area contributed by atoms with E-state index in [1.807, 2.05) is 13.0 Å². The number of benzene rings is 1. The number of carbonyl (C=O) groups is 2. The molecule has 18 heavy (non-hydrogen) atoms. The molecule has 0 heterocycles.